The monoisotopic (exact) mass is 773 g/mol. The van der Waals surface area contributed by atoms with E-state index >= 15 is 0 Å². The van der Waals surface area contributed by atoms with Crippen LogP contribution in [0.15, 0.2) is 107 Å². The molecule has 4 rings (SSSR count). The van der Waals surface area contributed by atoms with Crippen LogP contribution in [0.1, 0.15) is 86.3 Å². The molecule has 0 radical (unpaired) electrons. The van der Waals surface area contributed by atoms with Gasteiger partial charge in [-0.25, -0.2) is 19.6 Å². The van der Waals surface area contributed by atoms with Crippen LogP contribution in [-0.2, 0) is 20.6 Å². The predicted octanol–water partition coefficient (Wildman–Crippen LogP) is 7.29. The molecule has 1 fully saturated rings. The Morgan fingerprint density at radius 3 is 2.07 bits per heavy atom. The normalized spacial score (nSPS) is 28.3. The number of nitrogens with one attached hydrogen (secondary N) is 1. The fourth-order valence-electron chi connectivity index (χ4n) is 5.77. The van der Waals surface area contributed by atoms with Gasteiger partial charge in [0.25, 0.3) is 0 Å². The molecule has 0 amide bonds. The standard InChI is InChI=1S/C43H55N3O8S/c1-8-18-34(47)42(3,4)36-23-14-12-10-11-13-20-29(51-7)26-38-45-32(27-52-38)40(49)53-37(43(5,6)35(48)19-9-2)24-17-22-31-30(44-31)21-15-16-25-39-46-33(28-55-39)41(50)54-36/h8-22,25,27-31,34-37,44,47-48H,23-24,26H2,1-7H3/b11-10-,14-12-,18-8+,19-9+,20-13+,21-15+,22-17-,25-16-/t29-,30-,31+,34-,35-,36-,37-/m0/s1. The third-order valence-corrected chi connectivity index (χ3v) is 10.6. The van der Waals surface area contributed by atoms with Gasteiger partial charge in [-0.15, -0.1) is 11.3 Å². The van der Waals surface area contributed by atoms with Crippen molar-refractivity contribution in [3.63, 3.8) is 0 Å². The van der Waals surface area contributed by atoms with Crippen molar-refractivity contribution in [3.05, 3.63) is 125 Å². The summed E-state index contributed by atoms with van der Waals surface area (Å²) >= 11 is 1.34. The first-order valence-corrected chi connectivity index (χ1v) is 19.4. The number of aliphatic hydroxyl groups is 2. The van der Waals surface area contributed by atoms with Crippen molar-refractivity contribution >= 4 is 29.4 Å². The Morgan fingerprint density at radius 1 is 0.818 bits per heavy atom. The van der Waals surface area contributed by atoms with Crippen molar-refractivity contribution in [3.8, 4) is 0 Å². The third kappa shape index (κ3) is 12.5. The van der Waals surface area contributed by atoms with E-state index in [0.29, 0.717) is 23.7 Å². The van der Waals surface area contributed by atoms with Crippen molar-refractivity contribution in [1.82, 2.24) is 15.3 Å². The van der Waals surface area contributed by atoms with E-state index in [-0.39, 0.29) is 29.9 Å². The molecular weight excluding hydrogens is 719 g/mol. The summed E-state index contributed by atoms with van der Waals surface area (Å²) in [6.07, 6.45) is 28.5. The number of carbonyl (C=O) groups excluding carboxylic acids is 2. The molecule has 0 aliphatic carbocycles. The SMILES string of the molecule is C/C=C/[C@H](O)C(C)(C)[C@@H]1C/C=C\[C@H]2N[C@H]2/C=C/C=C\c2nc(cs2)C(=O)O[C@H](C(C)(C)[C@@H](O)/C=C/C)C\C=C/C=C\C=C\[C@H](OC)Cc2nc(co2)C(=O)O1. The van der Waals surface area contributed by atoms with Crippen molar-refractivity contribution in [2.75, 3.05) is 7.11 Å². The average molecular weight is 774 g/mol. The molecule has 2 aliphatic heterocycles. The quantitative estimate of drug-likeness (QED) is 0.147. The molecule has 11 nitrogen and oxygen atoms in total. The van der Waals surface area contributed by atoms with Gasteiger partial charge in [-0.05, 0) is 19.9 Å². The van der Waals surface area contributed by atoms with Crippen LogP contribution in [0.2, 0.25) is 0 Å². The Balaban J connectivity index is 1.58. The Hall–Kier alpha value is -4.46. The van der Waals surface area contributed by atoms with Crippen molar-refractivity contribution in [2.45, 2.75) is 103 Å². The summed E-state index contributed by atoms with van der Waals surface area (Å²) in [6.45, 7) is 11.1. The lowest BCUT2D eigenvalue weighted by Gasteiger charge is -2.36. The molecule has 2 aliphatic rings. The zero-order valence-electron chi connectivity index (χ0n) is 32.7. The Bertz CT molecular complexity index is 1810. The Morgan fingerprint density at radius 2 is 1.42 bits per heavy atom. The molecule has 4 bridgehead atoms. The van der Waals surface area contributed by atoms with Crippen molar-refractivity contribution in [2.24, 2.45) is 10.8 Å². The number of methoxy groups -OCH3 is 1. The van der Waals surface area contributed by atoms with E-state index < -0.39 is 53.3 Å². The van der Waals surface area contributed by atoms with Crippen molar-refractivity contribution < 1.29 is 38.4 Å². The number of hydrogen-bond donors (Lipinski definition) is 3. The maximum absolute atomic E-state index is 13.3. The minimum atomic E-state index is -0.856. The largest absolute Gasteiger partial charge is 0.457 e. The maximum atomic E-state index is 13.3. The summed E-state index contributed by atoms with van der Waals surface area (Å²) in [5.74, 6) is -0.891. The van der Waals surface area contributed by atoms with Crippen LogP contribution in [-0.4, -0.2) is 81.8 Å². The third-order valence-electron chi connectivity index (χ3n) is 9.77. The number of nitrogens with zero attached hydrogens (tertiary/aromatic N) is 2. The van der Waals surface area contributed by atoms with Gasteiger partial charge >= 0.3 is 11.9 Å². The number of thiazole rings is 1. The number of aliphatic hydroxyl groups excluding tert-OH is 2. The lowest BCUT2D eigenvalue weighted by molar-refractivity contribution is -0.0461. The molecule has 0 saturated carbocycles. The average Bonchev–Trinajstić information content (AvgIpc) is 3.47. The summed E-state index contributed by atoms with van der Waals surface area (Å²) in [5, 5.41) is 27.5. The van der Waals surface area contributed by atoms with Gasteiger partial charge < -0.3 is 34.2 Å². The van der Waals surface area contributed by atoms with Crippen molar-refractivity contribution in [1.29, 1.82) is 0 Å². The number of hydrogen-bond acceptors (Lipinski definition) is 12. The van der Waals surface area contributed by atoms with E-state index in [2.05, 4.69) is 15.3 Å². The fraction of sp³-hybridized carbons (Fsp3) is 0.442. The van der Waals surface area contributed by atoms with E-state index in [1.165, 1.54) is 17.6 Å². The molecule has 2 aromatic rings. The highest BCUT2D eigenvalue weighted by atomic mass is 32.1. The molecule has 1 saturated heterocycles. The molecule has 55 heavy (non-hydrogen) atoms. The van der Waals surface area contributed by atoms with Crippen LogP contribution in [0.25, 0.3) is 6.08 Å². The number of carbonyl (C=O) groups is 2. The first-order chi connectivity index (χ1) is 26.3. The van der Waals surface area contributed by atoms with E-state index in [4.69, 9.17) is 18.6 Å². The lowest BCUT2D eigenvalue weighted by Crippen LogP contribution is -2.42. The zero-order chi connectivity index (χ0) is 40.0. The van der Waals surface area contributed by atoms with Crippen LogP contribution in [0.3, 0.4) is 0 Å². The number of aromatic nitrogens is 2. The second kappa shape index (κ2) is 20.5. The minimum Gasteiger partial charge on any atom is -0.457 e. The summed E-state index contributed by atoms with van der Waals surface area (Å²) < 4.78 is 23.2. The van der Waals surface area contributed by atoms with E-state index in [1.807, 2.05) is 114 Å². The Labute approximate surface area is 328 Å². The van der Waals surface area contributed by atoms with E-state index in [0.717, 1.165) is 0 Å². The molecule has 296 valence electrons. The molecule has 4 heterocycles. The predicted molar refractivity (Wildman–Crippen MR) is 215 cm³/mol. The summed E-state index contributed by atoms with van der Waals surface area (Å²) in [5.41, 5.74) is -1.37. The molecule has 12 heteroatoms. The van der Waals surface area contributed by atoms with Crippen LogP contribution in [0.4, 0.5) is 0 Å². The maximum Gasteiger partial charge on any atom is 0.360 e. The molecule has 0 spiro atoms. The van der Waals surface area contributed by atoms with Gasteiger partial charge in [0.15, 0.2) is 17.3 Å². The van der Waals surface area contributed by atoms with Gasteiger partial charge in [-0.3, -0.25) is 0 Å². The van der Waals surface area contributed by atoms with Gasteiger partial charge in [-0.1, -0.05) is 119 Å². The topological polar surface area (TPSA) is 163 Å². The number of allylic oxidation sites excluding steroid dienone is 8. The highest BCUT2D eigenvalue weighted by Crippen LogP contribution is 2.34. The number of fused-ring (bicyclic) bond motifs is 5. The van der Waals surface area contributed by atoms with Crippen LogP contribution >= 0.6 is 11.3 Å². The molecule has 3 N–H and O–H groups in total. The second-order valence-corrected chi connectivity index (χ2v) is 15.5. The first-order valence-electron chi connectivity index (χ1n) is 18.5. The summed E-state index contributed by atoms with van der Waals surface area (Å²) in [7, 11) is 1.57. The zero-order valence-corrected chi connectivity index (χ0v) is 33.5. The molecule has 7 atom stereocenters. The molecular formula is C43H55N3O8S. The highest BCUT2D eigenvalue weighted by Gasteiger charge is 2.39. The molecule has 2 aromatic heterocycles. The van der Waals surface area contributed by atoms with Gasteiger partial charge in [0.1, 0.15) is 23.5 Å². The van der Waals surface area contributed by atoms with Gasteiger partial charge in [0.05, 0.1) is 24.7 Å². The Kier molecular flexibility index (Phi) is 16.1. The highest BCUT2D eigenvalue weighted by molar-refractivity contribution is 7.10. The van der Waals surface area contributed by atoms with Crippen LogP contribution < -0.4 is 5.32 Å². The van der Waals surface area contributed by atoms with E-state index in [1.54, 1.807) is 36.8 Å². The number of cyclic esters (lactones) is 2. The van der Waals surface area contributed by atoms with Gasteiger partial charge in [0, 0.05) is 48.2 Å². The number of rotatable bonds is 7. The van der Waals surface area contributed by atoms with E-state index in [9.17, 15) is 19.8 Å². The molecule has 0 aromatic carbocycles. The molecule has 0 unspecified atom stereocenters. The summed E-state index contributed by atoms with van der Waals surface area (Å²) in [4.78, 5) is 35.5. The number of ether oxygens (including phenoxy) is 3. The van der Waals surface area contributed by atoms with Crippen LogP contribution in [0.5, 0.6) is 0 Å². The minimum absolute atomic E-state index is 0.0327. The second-order valence-electron chi connectivity index (χ2n) is 14.6. The van der Waals surface area contributed by atoms with Gasteiger partial charge in [0.2, 0.25) is 0 Å². The summed E-state index contributed by atoms with van der Waals surface area (Å²) in [6, 6.07) is 0.216. The lowest BCUT2D eigenvalue weighted by atomic mass is 9.79. The number of esters is 2. The fourth-order valence-corrected chi connectivity index (χ4v) is 6.46. The first kappa shape index (κ1) is 43.3. The van der Waals surface area contributed by atoms with Crippen LogP contribution in [0, 0.1) is 10.8 Å². The smallest absolute Gasteiger partial charge is 0.360 e. The number of oxazole rings is 1. The van der Waals surface area contributed by atoms with Gasteiger partial charge in [-0.2, -0.15) is 0 Å².